The summed E-state index contributed by atoms with van der Waals surface area (Å²) in [6.45, 7) is 0. The standard InChI is InChI=1S/C54H38N2/c1-3-12-39(13-4-1)41-22-24-42(25-23-41)44-28-34-48(35-29-44)55(47-32-26-43(27-33-47)40-14-5-2-6-15-40)49-36-30-45(31-37-49)46-16-11-17-50(38-46)56-53-20-9-7-18-51(53)52-19-8-10-21-54(52)56/h1-38H/i28D,29D,30D,31D,34D,35D,36D,37D. The van der Waals surface area contributed by atoms with Crippen molar-refractivity contribution < 1.29 is 11.0 Å². The predicted molar refractivity (Wildman–Crippen MR) is 237 cm³/mol. The molecule has 2 heteroatoms. The van der Waals surface area contributed by atoms with E-state index in [1.54, 1.807) is 30.3 Å². The van der Waals surface area contributed by atoms with Crippen molar-refractivity contribution in [3.8, 4) is 50.2 Å². The van der Waals surface area contributed by atoms with Crippen LogP contribution in [-0.2, 0) is 0 Å². The molecule has 0 N–H and O–H groups in total. The van der Waals surface area contributed by atoms with Crippen LogP contribution < -0.4 is 4.90 Å². The Morgan fingerprint density at radius 3 is 1.21 bits per heavy atom. The van der Waals surface area contributed by atoms with Crippen LogP contribution in [0.4, 0.5) is 17.1 Å². The van der Waals surface area contributed by atoms with Crippen molar-refractivity contribution in [3.05, 3.63) is 230 Å². The molecule has 0 aliphatic heterocycles. The second kappa shape index (κ2) is 14.4. The summed E-state index contributed by atoms with van der Waals surface area (Å²) in [6, 6.07) is 54.9. The van der Waals surface area contributed by atoms with Crippen LogP contribution in [0.25, 0.3) is 72.0 Å². The van der Waals surface area contributed by atoms with Crippen LogP contribution in [0.5, 0.6) is 0 Å². The molecule has 0 radical (unpaired) electrons. The first-order valence-electron chi connectivity index (χ1n) is 22.5. The average Bonchev–Trinajstić information content (AvgIpc) is 3.68. The molecule has 0 aliphatic rings. The molecule has 0 spiro atoms. The highest BCUT2D eigenvalue weighted by Gasteiger charge is 2.15. The minimum atomic E-state index is -0.400. The summed E-state index contributed by atoms with van der Waals surface area (Å²) in [6.07, 6.45) is 0. The van der Waals surface area contributed by atoms with E-state index in [1.807, 2.05) is 140 Å². The highest BCUT2D eigenvalue weighted by Crippen LogP contribution is 2.39. The zero-order valence-corrected chi connectivity index (χ0v) is 30.2. The number of hydrogen-bond donors (Lipinski definition) is 0. The number of rotatable bonds is 8. The Hall–Kier alpha value is -7.42. The lowest BCUT2D eigenvalue weighted by Crippen LogP contribution is -2.09. The smallest absolute Gasteiger partial charge is 0.0645 e. The molecule has 0 aliphatic carbocycles. The predicted octanol–water partition coefficient (Wildman–Crippen LogP) is 14.9. The van der Waals surface area contributed by atoms with Gasteiger partial charge in [-0.15, -0.1) is 0 Å². The molecule has 0 saturated heterocycles. The zero-order valence-electron chi connectivity index (χ0n) is 38.2. The number of anilines is 3. The summed E-state index contributed by atoms with van der Waals surface area (Å²) in [5, 5.41) is 2.16. The molecule has 0 saturated carbocycles. The zero-order chi connectivity index (χ0) is 44.2. The molecule has 0 fully saturated rings. The molecule has 0 unspecified atom stereocenters. The molecule has 10 rings (SSSR count). The van der Waals surface area contributed by atoms with E-state index in [2.05, 4.69) is 16.7 Å². The molecule has 10 aromatic rings. The maximum absolute atomic E-state index is 9.60. The first kappa shape index (κ1) is 25.6. The van der Waals surface area contributed by atoms with Gasteiger partial charge in [-0.3, -0.25) is 0 Å². The normalized spacial score (nSPS) is 13.2. The van der Waals surface area contributed by atoms with Crippen molar-refractivity contribution in [3.63, 3.8) is 0 Å². The Kier molecular flexibility index (Phi) is 6.59. The first-order chi connectivity index (χ1) is 31.1. The van der Waals surface area contributed by atoms with E-state index in [4.69, 9.17) is 0 Å². The lowest BCUT2D eigenvalue weighted by atomic mass is 10.00. The van der Waals surface area contributed by atoms with Gasteiger partial charge in [-0.25, -0.2) is 0 Å². The Balaban J connectivity index is 1.14. The Labute approximate surface area is 339 Å². The lowest BCUT2D eigenvalue weighted by Gasteiger charge is -2.26. The van der Waals surface area contributed by atoms with E-state index in [-0.39, 0.29) is 46.7 Å². The minimum Gasteiger partial charge on any atom is -0.311 e. The first-order valence-corrected chi connectivity index (χ1v) is 18.5. The van der Waals surface area contributed by atoms with Gasteiger partial charge in [0.2, 0.25) is 0 Å². The summed E-state index contributed by atoms with van der Waals surface area (Å²) in [4.78, 5) is 1.34. The van der Waals surface area contributed by atoms with E-state index >= 15 is 0 Å². The van der Waals surface area contributed by atoms with Gasteiger partial charge in [0.1, 0.15) is 0 Å². The largest absolute Gasteiger partial charge is 0.311 e. The summed E-state index contributed by atoms with van der Waals surface area (Å²) in [7, 11) is 0. The Bertz CT molecular complexity index is 3290. The number of nitrogens with zero attached hydrogens (tertiary/aromatic N) is 2. The number of hydrogen-bond acceptors (Lipinski definition) is 1. The molecular weight excluding hydrogens is 677 g/mol. The van der Waals surface area contributed by atoms with Crippen molar-refractivity contribution in [2.24, 2.45) is 0 Å². The van der Waals surface area contributed by atoms with Crippen LogP contribution in [0.3, 0.4) is 0 Å². The van der Waals surface area contributed by atoms with E-state index in [0.29, 0.717) is 16.8 Å². The summed E-state index contributed by atoms with van der Waals surface area (Å²) >= 11 is 0. The molecule has 9 aromatic carbocycles. The van der Waals surface area contributed by atoms with Crippen LogP contribution >= 0.6 is 0 Å². The van der Waals surface area contributed by atoms with Gasteiger partial charge in [0.25, 0.3) is 0 Å². The maximum atomic E-state index is 9.60. The molecular formula is C54H38N2. The van der Waals surface area contributed by atoms with Gasteiger partial charge in [0, 0.05) is 33.5 Å². The summed E-state index contributed by atoms with van der Waals surface area (Å²) < 4.78 is 78.0. The molecule has 0 amide bonds. The van der Waals surface area contributed by atoms with E-state index in [1.165, 1.54) is 4.90 Å². The lowest BCUT2D eigenvalue weighted by molar-refractivity contribution is 1.18. The molecule has 56 heavy (non-hydrogen) atoms. The summed E-state index contributed by atoms with van der Waals surface area (Å²) in [5.74, 6) is 0. The number of para-hydroxylation sites is 2. The van der Waals surface area contributed by atoms with E-state index in [0.717, 1.165) is 49.7 Å². The van der Waals surface area contributed by atoms with Crippen LogP contribution in [0.2, 0.25) is 0 Å². The van der Waals surface area contributed by atoms with Crippen LogP contribution in [0.15, 0.2) is 230 Å². The van der Waals surface area contributed by atoms with E-state index in [9.17, 15) is 11.0 Å². The van der Waals surface area contributed by atoms with Crippen LogP contribution in [0.1, 0.15) is 11.0 Å². The molecule has 264 valence electrons. The summed E-state index contributed by atoms with van der Waals surface area (Å²) in [5.41, 5.74) is 7.63. The SMILES string of the molecule is [2H]c1c([2H])c(N(c2ccc(-c3ccccc3)cc2)c2c([2H])c([2H])c(-c3cccc(-n4c5ccccc5c5ccccc54)c3)c([2H])c2[2H])c([2H])c([2H])c1-c1ccc(-c2ccccc2)cc1. The van der Waals surface area contributed by atoms with Crippen molar-refractivity contribution in [2.45, 2.75) is 0 Å². The van der Waals surface area contributed by atoms with Crippen molar-refractivity contribution in [1.82, 2.24) is 4.57 Å². The third-order valence-electron chi connectivity index (χ3n) is 10.2. The maximum Gasteiger partial charge on any atom is 0.0645 e. The monoisotopic (exact) mass is 722 g/mol. The van der Waals surface area contributed by atoms with Crippen molar-refractivity contribution in [2.75, 3.05) is 4.90 Å². The van der Waals surface area contributed by atoms with Gasteiger partial charge in [-0.05, 0) is 105 Å². The highest BCUT2D eigenvalue weighted by molar-refractivity contribution is 6.09. The second-order valence-electron chi connectivity index (χ2n) is 13.6. The van der Waals surface area contributed by atoms with Gasteiger partial charge in [-0.1, -0.05) is 170 Å². The molecule has 0 bridgehead atoms. The Morgan fingerprint density at radius 2 is 0.696 bits per heavy atom. The van der Waals surface area contributed by atoms with Gasteiger partial charge in [0.15, 0.2) is 0 Å². The van der Waals surface area contributed by atoms with Gasteiger partial charge >= 0.3 is 0 Å². The second-order valence-corrected chi connectivity index (χ2v) is 13.6. The molecule has 2 nitrogen and oxygen atoms in total. The van der Waals surface area contributed by atoms with Gasteiger partial charge in [0.05, 0.1) is 22.0 Å². The minimum absolute atomic E-state index is 0.0922. The number of benzene rings is 9. The average molecular weight is 723 g/mol. The highest BCUT2D eigenvalue weighted by atomic mass is 15.1. The van der Waals surface area contributed by atoms with Crippen LogP contribution in [-0.4, -0.2) is 4.57 Å². The number of aromatic nitrogens is 1. The molecule has 1 heterocycles. The topological polar surface area (TPSA) is 8.17 Å². The van der Waals surface area contributed by atoms with Crippen LogP contribution in [0, 0.1) is 0 Å². The third-order valence-corrected chi connectivity index (χ3v) is 10.2. The van der Waals surface area contributed by atoms with Gasteiger partial charge in [-0.2, -0.15) is 0 Å². The van der Waals surface area contributed by atoms with Crippen molar-refractivity contribution >= 4 is 38.9 Å². The Morgan fingerprint density at radius 1 is 0.304 bits per heavy atom. The number of fused-ring (bicyclic) bond motifs is 3. The fourth-order valence-corrected chi connectivity index (χ4v) is 7.39. The fourth-order valence-electron chi connectivity index (χ4n) is 7.39. The third kappa shape index (κ3) is 6.24. The molecule has 1 aromatic heterocycles. The fraction of sp³-hybridized carbons (Fsp3) is 0. The quantitative estimate of drug-likeness (QED) is 0.152. The molecule has 0 atom stereocenters. The van der Waals surface area contributed by atoms with Crippen molar-refractivity contribution in [1.29, 1.82) is 0 Å². The van der Waals surface area contributed by atoms with E-state index < -0.39 is 24.2 Å². The van der Waals surface area contributed by atoms with Gasteiger partial charge < -0.3 is 9.47 Å².